The number of pyridine rings is 1. The van der Waals surface area contributed by atoms with Crippen molar-refractivity contribution in [2.24, 2.45) is 0 Å². The molecule has 0 saturated heterocycles. The summed E-state index contributed by atoms with van der Waals surface area (Å²) in [6, 6.07) is 5.72. The predicted octanol–water partition coefficient (Wildman–Crippen LogP) is -1.71. The fourth-order valence-corrected chi connectivity index (χ4v) is 0.313. The van der Waals surface area contributed by atoms with Gasteiger partial charge in [-0.25, -0.2) is 0 Å². The van der Waals surface area contributed by atoms with Crippen molar-refractivity contribution in [3.8, 4) is 0 Å². The van der Waals surface area contributed by atoms with Gasteiger partial charge in [0.1, 0.15) is 0 Å². The summed E-state index contributed by atoms with van der Waals surface area (Å²) < 4.78 is 0. The van der Waals surface area contributed by atoms with Crippen LogP contribution in [-0.2, 0) is 4.79 Å². The van der Waals surface area contributed by atoms with Crippen LogP contribution in [0.15, 0.2) is 30.6 Å². The van der Waals surface area contributed by atoms with Crippen LogP contribution in [0.4, 0.5) is 0 Å². The number of aliphatic carboxylic acids is 1. The van der Waals surface area contributed by atoms with E-state index in [2.05, 4.69) is 4.98 Å². The molecule has 11 heavy (non-hydrogen) atoms. The van der Waals surface area contributed by atoms with E-state index in [1.165, 1.54) is 0 Å². The number of aromatic nitrogens is 1. The molecule has 1 aromatic heterocycles. The smallest absolute Gasteiger partial charge is 1.00 e. The topological polar surface area (TPSA) is 50.2 Å². The molecule has 1 heterocycles. The Morgan fingerprint density at radius 1 is 1.36 bits per heavy atom. The number of rotatable bonds is 0. The van der Waals surface area contributed by atoms with E-state index in [-0.39, 0.29) is 31.0 Å². The summed E-state index contributed by atoms with van der Waals surface area (Å²) >= 11 is 0. The van der Waals surface area contributed by atoms with Crippen molar-refractivity contribution >= 4 is 5.97 Å². The van der Waals surface area contributed by atoms with Crippen LogP contribution in [0.25, 0.3) is 0 Å². The summed E-state index contributed by atoms with van der Waals surface area (Å²) in [6.07, 6.45) is 3.50. The van der Waals surface area contributed by atoms with Crippen molar-refractivity contribution in [1.29, 1.82) is 0 Å². The van der Waals surface area contributed by atoms with Gasteiger partial charge in [-0.05, 0) is 12.1 Å². The Bertz CT molecular complexity index is 153. The van der Waals surface area contributed by atoms with Gasteiger partial charge in [-0.2, -0.15) is 0 Å². The first-order valence-electron chi connectivity index (χ1n) is 2.78. The van der Waals surface area contributed by atoms with Gasteiger partial charge >= 0.3 is 29.6 Å². The standard InChI is InChI=1S/C5H5N.C2H4O2.Na.H/c1-2-4-6-5-3-1;1-2(3)4;;/h1-5H;1H3,(H,3,4);;/q;;+1;-1. The second-order valence-corrected chi connectivity index (χ2v) is 1.54. The molecule has 1 rings (SSSR count). The first-order valence-corrected chi connectivity index (χ1v) is 2.78. The maximum absolute atomic E-state index is 9.00. The van der Waals surface area contributed by atoms with Crippen molar-refractivity contribution in [1.82, 2.24) is 4.98 Å². The van der Waals surface area contributed by atoms with E-state index in [1.807, 2.05) is 18.2 Å². The Morgan fingerprint density at radius 2 is 1.73 bits per heavy atom. The van der Waals surface area contributed by atoms with Gasteiger partial charge in [-0.15, -0.1) is 0 Å². The van der Waals surface area contributed by atoms with E-state index >= 15 is 0 Å². The maximum atomic E-state index is 9.00. The van der Waals surface area contributed by atoms with E-state index in [0.29, 0.717) is 0 Å². The zero-order chi connectivity index (χ0) is 7.82. The molecule has 0 spiro atoms. The van der Waals surface area contributed by atoms with E-state index in [4.69, 9.17) is 9.90 Å². The summed E-state index contributed by atoms with van der Waals surface area (Å²) in [5.74, 6) is -0.833. The number of carboxylic acids is 1. The number of hydrogen-bond donors (Lipinski definition) is 1. The molecule has 56 valence electrons. The third-order valence-electron chi connectivity index (χ3n) is 0.566. The second-order valence-electron chi connectivity index (χ2n) is 1.54. The van der Waals surface area contributed by atoms with E-state index in [0.717, 1.165) is 6.92 Å². The van der Waals surface area contributed by atoms with Crippen LogP contribution in [0.5, 0.6) is 0 Å². The first kappa shape index (κ1) is 13.2. The van der Waals surface area contributed by atoms with Gasteiger partial charge in [-0.1, -0.05) is 6.07 Å². The normalized spacial score (nSPS) is 6.64. The Hall–Kier alpha value is -0.380. The SMILES string of the molecule is CC(=O)O.[H-].[Na+].c1ccncc1. The molecule has 0 amide bonds. The molecule has 1 N–H and O–H groups in total. The molecule has 0 bridgehead atoms. The molecule has 0 fully saturated rings. The van der Waals surface area contributed by atoms with E-state index in [9.17, 15) is 0 Å². The van der Waals surface area contributed by atoms with Crippen LogP contribution < -0.4 is 29.6 Å². The molecule has 0 aliphatic rings. The minimum Gasteiger partial charge on any atom is -1.00 e. The van der Waals surface area contributed by atoms with Crippen LogP contribution in [0, 0.1) is 0 Å². The fraction of sp³-hybridized carbons (Fsp3) is 0.143. The van der Waals surface area contributed by atoms with Crippen molar-refractivity contribution in [3.63, 3.8) is 0 Å². The molecule has 1 aromatic rings. The first-order chi connectivity index (χ1) is 4.73. The molecule has 0 aromatic carbocycles. The molecule has 0 radical (unpaired) electrons. The van der Waals surface area contributed by atoms with Gasteiger partial charge in [0.05, 0.1) is 0 Å². The number of carboxylic acid groups (broad SMARTS) is 1. The van der Waals surface area contributed by atoms with Crippen molar-refractivity contribution < 1.29 is 40.9 Å². The van der Waals surface area contributed by atoms with Crippen molar-refractivity contribution in [2.45, 2.75) is 6.92 Å². The molecule has 4 heteroatoms. The predicted molar refractivity (Wildman–Crippen MR) is 38.7 cm³/mol. The van der Waals surface area contributed by atoms with E-state index in [1.54, 1.807) is 12.4 Å². The van der Waals surface area contributed by atoms with Gasteiger partial charge in [0.15, 0.2) is 0 Å². The number of carbonyl (C=O) groups is 1. The third-order valence-corrected chi connectivity index (χ3v) is 0.566. The Kier molecular flexibility index (Phi) is 11.6. The van der Waals surface area contributed by atoms with Crippen LogP contribution in [0.2, 0.25) is 0 Å². The Labute approximate surface area is 89.2 Å². The second kappa shape index (κ2) is 9.62. The summed E-state index contributed by atoms with van der Waals surface area (Å²) in [6.45, 7) is 1.08. The van der Waals surface area contributed by atoms with Gasteiger partial charge in [0, 0.05) is 19.3 Å². The van der Waals surface area contributed by atoms with Gasteiger partial charge in [-0.3, -0.25) is 9.78 Å². The molecule has 0 saturated carbocycles. The van der Waals surface area contributed by atoms with Crippen molar-refractivity contribution in [2.75, 3.05) is 0 Å². The van der Waals surface area contributed by atoms with E-state index < -0.39 is 5.97 Å². The van der Waals surface area contributed by atoms with Crippen LogP contribution in [-0.4, -0.2) is 16.1 Å². The largest absolute Gasteiger partial charge is 1.00 e. The van der Waals surface area contributed by atoms with Gasteiger partial charge in [0.2, 0.25) is 0 Å². The molecular weight excluding hydrogens is 153 g/mol. The third kappa shape index (κ3) is 17.7. The summed E-state index contributed by atoms with van der Waals surface area (Å²) in [7, 11) is 0. The van der Waals surface area contributed by atoms with Crippen LogP contribution >= 0.6 is 0 Å². The monoisotopic (exact) mass is 163 g/mol. The summed E-state index contributed by atoms with van der Waals surface area (Å²) in [5.41, 5.74) is 0. The molecule has 0 atom stereocenters. The fourth-order valence-electron chi connectivity index (χ4n) is 0.313. The zero-order valence-corrected chi connectivity index (χ0v) is 8.69. The average molecular weight is 163 g/mol. The molecule has 0 aliphatic carbocycles. The van der Waals surface area contributed by atoms with Gasteiger partial charge in [0.25, 0.3) is 5.97 Å². The van der Waals surface area contributed by atoms with Gasteiger partial charge < -0.3 is 6.53 Å². The molecule has 3 nitrogen and oxygen atoms in total. The minimum absolute atomic E-state index is 0. The summed E-state index contributed by atoms with van der Waals surface area (Å²) in [4.78, 5) is 12.8. The maximum Gasteiger partial charge on any atom is 1.00 e. The minimum atomic E-state index is -0.833. The summed E-state index contributed by atoms with van der Waals surface area (Å²) in [5, 5.41) is 7.42. The Balaban J connectivity index is -0.000000124. The molecular formula is C7H10NNaO2. The number of hydrogen-bond acceptors (Lipinski definition) is 2. The van der Waals surface area contributed by atoms with Crippen molar-refractivity contribution in [3.05, 3.63) is 30.6 Å². The molecule has 0 aliphatic heterocycles. The Morgan fingerprint density at radius 3 is 1.82 bits per heavy atom. The quantitative estimate of drug-likeness (QED) is 0.463. The van der Waals surface area contributed by atoms with Crippen LogP contribution in [0.1, 0.15) is 8.35 Å². The van der Waals surface area contributed by atoms with Crippen LogP contribution in [0.3, 0.4) is 0 Å². The number of nitrogens with zero attached hydrogens (tertiary/aromatic N) is 1. The molecule has 0 unspecified atom stereocenters. The zero-order valence-electron chi connectivity index (χ0n) is 7.69. The average Bonchev–Trinajstić information content (AvgIpc) is 1.90.